The van der Waals surface area contributed by atoms with Gasteiger partial charge in [0, 0.05) is 6.42 Å². The molecule has 3 rings (SSSR count). The molecule has 1 amide bonds. The lowest BCUT2D eigenvalue weighted by atomic mass is 10.1. The summed E-state index contributed by atoms with van der Waals surface area (Å²) in [4.78, 5) is 12.3. The fourth-order valence-corrected chi connectivity index (χ4v) is 3.42. The summed E-state index contributed by atoms with van der Waals surface area (Å²) in [5.74, 6) is 1.30. The van der Waals surface area contributed by atoms with Gasteiger partial charge in [-0.2, -0.15) is 0 Å². The predicted molar refractivity (Wildman–Crippen MR) is 100 cm³/mol. The first-order valence-electron chi connectivity index (χ1n) is 8.65. The first-order valence-corrected chi connectivity index (χ1v) is 10.1. The van der Waals surface area contributed by atoms with Crippen LogP contribution < -0.4 is 19.5 Å². The minimum absolute atomic E-state index is 0.0932. The number of rotatable bonds is 7. The number of carbonyl (C=O) groups is 1. The molecule has 1 aliphatic rings. The van der Waals surface area contributed by atoms with E-state index in [0.29, 0.717) is 37.5 Å². The van der Waals surface area contributed by atoms with E-state index in [9.17, 15) is 13.2 Å². The fraction of sp³-hybridized carbons (Fsp3) is 0.316. The largest absolute Gasteiger partial charge is 0.486 e. The average molecular weight is 390 g/mol. The Labute approximate surface area is 158 Å². The number of fused-ring (bicyclic) bond motifs is 1. The highest BCUT2D eigenvalue weighted by atomic mass is 32.2. The third-order valence-corrected chi connectivity index (χ3v) is 5.67. The van der Waals surface area contributed by atoms with Crippen LogP contribution in [0.25, 0.3) is 0 Å². The molecule has 7 nitrogen and oxygen atoms in total. The van der Waals surface area contributed by atoms with Gasteiger partial charge < -0.3 is 14.8 Å². The van der Waals surface area contributed by atoms with Crippen LogP contribution in [0.4, 0.5) is 0 Å². The van der Waals surface area contributed by atoms with Crippen molar-refractivity contribution in [2.45, 2.75) is 23.8 Å². The number of sulfonamides is 1. The molecule has 0 fully saturated rings. The van der Waals surface area contributed by atoms with Gasteiger partial charge >= 0.3 is 0 Å². The van der Waals surface area contributed by atoms with Gasteiger partial charge in [0.2, 0.25) is 15.9 Å². The molecular formula is C19H22N2O5S. The molecule has 1 atom stereocenters. The third kappa shape index (κ3) is 4.99. The highest BCUT2D eigenvalue weighted by Crippen LogP contribution is 2.30. The van der Waals surface area contributed by atoms with E-state index in [-0.39, 0.29) is 16.9 Å². The molecule has 0 spiro atoms. The van der Waals surface area contributed by atoms with Crippen LogP contribution in [0.2, 0.25) is 0 Å². The summed E-state index contributed by atoms with van der Waals surface area (Å²) in [6.45, 7) is 0.755. The van der Waals surface area contributed by atoms with Gasteiger partial charge in [0.1, 0.15) is 12.7 Å². The third-order valence-electron chi connectivity index (χ3n) is 4.24. The Kier molecular flexibility index (Phi) is 5.98. The summed E-state index contributed by atoms with van der Waals surface area (Å²) < 4.78 is 37.1. The van der Waals surface area contributed by atoms with Crippen molar-refractivity contribution in [3.05, 3.63) is 54.1 Å². The second-order valence-electron chi connectivity index (χ2n) is 6.15. The van der Waals surface area contributed by atoms with Crippen LogP contribution in [0.1, 0.15) is 12.0 Å². The van der Waals surface area contributed by atoms with Crippen molar-refractivity contribution in [1.82, 2.24) is 10.0 Å². The summed E-state index contributed by atoms with van der Waals surface area (Å²) in [7, 11) is -2.08. The molecule has 0 bridgehead atoms. The number of hydrogen-bond donors (Lipinski definition) is 2. The maximum absolute atomic E-state index is 12.1. The van der Waals surface area contributed by atoms with Crippen molar-refractivity contribution in [1.29, 1.82) is 0 Å². The van der Waals surface area contributed by atoms with Crippen LogP contribution in [0.3, 0.4) is 0 Å². The number of hydrogen-bond acceptors (Lipinski definition) is 5. The van der Waals surface area contributed by atoms with Crippen LogP contribution in [0.15, 0.2) is 53.4 Å². The second kappa shape index (κ2) is 8.41. The van der Waals surface area contributed by atoms with Crippen molar-refractivity contribution in [2.24, 2.45) is 0 Å². The number of amides is 1. The summed E-state index contributed by atoms with van der Waals surface area (Å²) in [5, 5.41) is 2.85. The lowest BCUT2D eigenvalue weighted by Gasteiger charge is -2.26. The van der Waals surface area contributed by atoms with E-state index in [1.807, 2.05) is 24.3 Å². The Balaban J connectivity index is 1.44. The topological polar surface area (TPSA) is 93.7 Å². The molecule has 8 heteroatoms. The van der Waals surface area contributed by atoms with Crippen LogP contribution >= 0.6 is 0 Å². The number of para-hydroxylation sites is 2. The molecule has 2 N–H and O–H groups in total. The molecule has 2 aromatic carbocycles. The van der Waals surface area contributed by atoms with Crippen LogP contribution in [-0.2, 0) is 21.2 Å². The van der Waals surface area contributed by atoms with E-state index in [0.717, 1.165) is 5.56 Å². The zero-order chi connectivity index (χ0) is 19.3. The standard InChI is InChI=1S/C19H22N2O5S/c1-20-27(23,24)16-9-6-14(7-10-16)8-11-19(22)21-12-15-13-25-17-4-2-3-5-18(17)26-15/h2-7,9-10,15,20H,8,11-13H2,1H3,(H,21,22). The molecule has 1 aliphatic heterocycles. The van der Waals surface area contributed by atoms with Gasteiger partial charge in [-0.05, 0) is 43.3 Å². The Bertz CT molecular complexity index is 897. The highest BCUT2D eigenvalue weighted by Gasteiger charge is 2.21. The molecule has 144 valence electrons. The Morgan fingerprint density at radius 2 is 1.81 bits per heavy atom. The van der Waals surface area contributed by atoms with Crippen molar-refractivity contribution in [3.63, 3.8) is 0 Å². The van der Waals surface area contributed by atoms with Gasteiger partial charge in [-0.3, -0.25) is 4.79 Å². The smallest absolute Gasteiger partial charge is 0.240 e. The highest BCUT2D eigenvalue weighted by molar-refractivity contribution is 7.89. The predicted octanol–water partition coefficient (Wildman–Crippen LogP) is 1.48. The van der Waals surface area contributed by atoms with E-state index in [1.54, 1.807) is 12.1 Å². The van der Waals surface area contributed by atoms with Crippen molar-refractivity contribution >= 4 is 15.9 Å². The number of nitrogens with one attached hydrogen (secondary N) is 2. The second-order valence-corrected chi connectivity index (χ2v) is 8.04. The van der Waals surface area contributed by atoms with Gasteiger partial charge in [0.25, 0.3) is 0 Å². The average Bonchev–Trinajstić information content (AvgIpc) is 2.71. The van der Waals surface area contributed by atoms with E-state index in [1.165, 1.54) is 19.2 Å². The molecule has 0 aliphatic carbocycles. The van der Waals surface area contributed by atoms with Crippen LogP contribution in [0, 0.1) is 0 Å². The first-order chi connectivity index (χ1) is 13.0. The Morgan fingerprint density at radius 3 is 2.52 bits per heavy atom. The SMILES string of the molecule is CNS(=O)(=O)c1ccc(CCC(=O)NCC2COc3ccccc3O2)cc1. The zero-order valence-electron chi connectivity index (χ0n) is 15.0. The maximum atomic E-state index is 12.1. The maximum Gasteiger partial charge on any atom is 0.240 e. The fourth-order valence-electron chi connectivity index (χ4n) is 2.69. The molecule has 0 saturated heterocycles. The Morgan fingerprint density at radius 1 is 1.11 bits per heavy atom. The molecule has 1 heterocycles. The van der Waals surface area contributed by atoms with Gasteiger partial charge in [0.15, 0.2) is 11.5 Å². The van der Waals surface area contributed by atoms with Crippen molar-refractivity contribution < 1.29 is 22.7 Å². The van der Waals surface area contributed by atoms with Crippen molar-refractivity contribution in [2.75, 3.05) is 20.2 Å². The van der Waals surface area contributed by atoms with Gasteiger partial charge in [-0.15, -0.1) is 0 Å². The molecule has 0 aromatic heterocycles. The molecule has 27 heavy (non-hydrogen) atoms. The summed E-state index contributed by atoms with van der Waals surface area (Å²) in [6, 6.07) is 13.9. The van der Waals surface area contributed by atoms with E-state index < -0.39 is 10.0 Å². The number of carbonyl (C=O) groups excluding carboxylic acids is 1. The van der Waals surface area contributed by atoms with Crippen LogP contribution in [-0.4, -0.2) is 40.6 Å². The molecular weight excluding hydrogens is 368 g/mol. The number of aryl methyl sites for hydroxylation is 1. The summed E-state index contributed by atoms with van der Waals surface area (Å²) in [6.07, 6.45) is 0.605. The van der Waals surface area contributed by atoms with E-state index in [2.05, 4.69) is 10.0 Å². The number of ether oxygens (including phenoxy) is 2. The monoisotopic (exact) mass is 390 g/mol. The molecule has 0 radical (unpaired) electrons. The minimum Gasteiger partial charge on any atom is -0.486 e. The lowest BCUT2D eigenvalue weighted by molar-refractivity contribution is -0.121. The lowest BCUT2D eigenvalue weighted by Crippen LogP contribution is -2.40. The number of benzene rings is 2. The van der Waals surface area contributed by atoms with E-state index >= 15 is 0 Å². The van der Waals surface area contributed by atoms with E-state index in [4.69, 9.17) is 9.47 Å². The Hall–Kier alpha value is -2.58. The molecule has 1 unspecified atom stereocenters. The molecule has 2 aromatic rings. The van der Waals surface area contributed by atoms with Crippen molar-refractivity contribution in [3.8, 4) is 11.5 Å². The first kappa shape index (κ1) is 19.2. The summed E-state index contributed by atoms with van der Waals surface area (Å²) in [5.41, 5.74) is 0.895. The van der Waals surface area contributed by atoms with Gasteiger partial charge in [-0.25, -0.2) is 13.1 Å². The quantitative estimate of drug-likeness (QED) is 0.747. The molecule has 0 saturated carbocycles. The van der Waals surface area contributed by atoms with Gasteiger partial charge in [0.05, 0.1) is 11.4 Å². The minimum atomic E-state index is -3.44. The summed E-state index contributed by atoms with van der Waals surface area (Å²) >= 11 is 0. The normalized spacial score (nSPS) is 16.0. The van der Waals surface area contributed by atoms with Gasteiger partial charge in [-0.1, -0.05) is 24.3 Å². The van der Waals surface area contributed by atoms with Crippen LogP contribution in [0.5, 0.6) is 11.5 Å². The zero-order valence-corrected chi connectivity index (χ0v) is 15.8.